The fourth-order valence-corrected chi connectivity index (χ4v) is 1.32. The number of halogens is 1. The first-order valence-electron chi connectivity index (χ1n) is 4.14. The summed E-state index contributed by atoms with van der Waals surface area (Å²) in [4.78, 5) is 4.50. The predicted octanol–water partition coefficient (Wildman–Crippen LogP) is 2.28. The summed E-state index contributed by atoms with van der Waals surface area (Å²) in [6, 6.07) is 7.19. The van der Waals surface area contributed by atoms with Crippen molar-refractivity contribution >= 4 is 0 Å². The molecule has 0 fully saturated rings. The summed E-state index contributed by atoms with van der Waals surface area (Å²) in [5.41, 5.74) is 0.0627. The van der Waals surface area contributed by atoms with Crippen molar-refractivity contribution in [1.82, 2.24) is 0 Å². The minimum absolute atomic E-state index is 0.240. The molecule has 0 aliphatic rings. The monoisotopic (exact) mass is 183 g/mol. The Kier molecular flexibility index (Phi) is 3.01. The summed E-state index contributed by atoms with van der Waals surface area (Å²) in [5, 5.41) is 0. The van der Waals surface area contributed by atoms with Gasteiger partial charge in [-0.3, -0.25) is 4.84 Å². The summed E-state index contributed by atoms with van der Waals surface area (Å²) in [5.74, 6) is 4.95. The third kappa shape index (κ3) is 2.50. The van der Waals surface area contributed by atoms with Gasteiger partial charge in [0.25, 0.3) is 0 Å². The highest BCUT2D eigenvalue weighted by Crippen LogP contribution is 2.27. The van der Waals surface area contributed by atoms with Crippen molar-refractivity contribution in [2.45, 2.75) is 26.1 Å². The molecule has 2 N–H and O–H groups in total. The zero-order chi connectivity index (χ0) is 9.90. The molecule has 1 aromatic carbocycles. The number of benzene rings is 1. The van der Waals surface area contributed by atoms with Gasteiger partial charge in [0.15, 0.2) is 0 Å². The average Bonchev–Trinajstić information content (AvgIpc) is 2.04. The second kappa shape index (κ2) is 3.85. The van der Waals surface area contributed by atoms with E-state index in [0.29, 0.717) is 5.56 Å². The molecule has 0 amide bonds. The van der Waals surface area contributed by atoms with Crippen molar-refractivity contribution in [3.8, 4) is 0 Å². The first-order valence-corrected chi connectivity index (χ1v) is 4.14. The van der Waals surface area contributed by atoms with Crippen LogP contribution in [0.1, 0.15) is 25.0 Å². The normalized spacial score (nSPS) is 11.7. The Morgan fingerprint density at radius 1 is 1.38 bits per heavy atom. The lowest BCUT2D eigenvalue weighted by molar-refractivity contribution is 0.119. The molecule has 0 unspecified atom stereocenters. The van der Waals surface area contributed by atoms with Gasteiger partial charge in [-0.1, -0.05) is 24.3 Å². The second-order valence-electron chi connectivity index (χ2n) is 3.44. The fraction of sp³-hybridized carbons (Fsp3) is 0.400. The van der Waals surface area contributed by atoms with Crippen LogP contribution in [0.2, 0.25) is 0 Å². The maximum absolute atomic E-state index is 13.6. The lowest BCUT2D eigenvalue weighted by Crippen LogP contribution is -2.13. The predicted molar refractivity (Wildman–Crippen MR) is 49.6 cm³/mol. The third-order valence-corrected chi connectivity index (χ3v) is 1.90. The molecule has 72 valence electrons. The van der Waals surface area contributed by atoms with E-state index in [4.69, 9.17) is 5.90 Å². The highest BCUT2D eigenvalue weighted by molar-refractivity contribution is 5.30. The van der Waals surface area contributed by atoms with E-state index in [1.807, 2.05) is 12.1 Å². The molecule has 0 heterocycles. The summed E-state index contributed by atoms with van der Waals surface area (Å²) >= 11 is 0. The molecular weight excluding hydrogens is 169 g/mol. The molecule has 0 saturated carbocycles. The zero-order valence-corrected chi connectivity index (χ0v) is 7.88. The number of nitrogens with two attached hydrogens (primary N) is 1. The Bertz CT molecular complexity index is 280. The zero-order valence-electron chi connectivity index (χ0n) is 7.88. The van der Waals surface area contributed by atoms with Gasteiger partial charge >= 0.3 is 0 Å². The molecule has 1 rings (SSSR count). The van der Waals surface area contributed by atoms with E-state index in [1.165, 1.54) is 13.8 Å². The summed E-state index contributed by atoms with van der Waals surface area (Å²) in [6.07, 6.45) is 0. The maximum atomic E-state index is 13.6. The van der Waals surface area contributed by atoms with Gasteiger partial charge < -0.3 is 0 Å². The summed E-state index contributed by atoms with van der Waals surface area (Å²) < 4.78 is 13.6. The fourth-order valence-electron chi connectivity index (χ4n) is 1.32. The molecule has 0 aromatic heterocycles. The quantitative estimate of drug-likeness (QED) is 0.729. The van der Waals surface area contributed by atoms with E-state index in [0.717, 1.165) is 5.56 Å². The molecule has 0 radical (unpaired) electrons. The van der Waals surface area contributed by atoms with Crippen molar-refractivity contribution < 1.29 is 9.23 Å². The Morgan fingerprint density at radius 2 is 2.00 bits per heavy atom. The van der Waals surface area contributed by atoms with Crippen LogP contribution in [0, 0.1) is 0 Å². The van der Waals surface area contributed by atoms with Gasteiger partial charge in [-0.2, -0.15) is 0 Å². The Hall–Kier alpha value is -0.930. The number of hydrogen-bond acceptors (Lipinski definition) is 2. The SMILES string of the molecule is CC(C)(F)c1ccccc1CON. The summed E-state index contributed by atoms with van der Waals surface area (Å²) in [6.45, 7) is 3.27. The molecule has 0 aliphatic heterocycles. The first-order chi connectivity index (χ1) is 6.05. The highest BCUT2D eigenvalue weighted by atomic mass is 19.1. The van der Waals surface area contributed by atoms with E-state index in [-0.39, 0.29) is 6.61 Å². The van der Waals surface area contributed by atoms with Gasteiger partial charge in [0, 0.05) is 0 Å². The second-order valence-corrected chi connectivity index (χ2v) is 3.44. The lowest BCUT2D eigenvalue weighted by Gasteiger charge is -2.18. The molecule has 0 atom stereocenters. The van der Waals surface area contributed by atoms with Gasteiger partial charge in [-0.25, -0.2) is 10.3 Å². The number of hydrogen-bond donors (Lipinski definition) is 1. The molecule has 13 heavy (non-hydrogen) atoms. The van der Waals surface area contributed by atoms with E-state index >= 15 is 0 Å². The molecule has 0 bridgehead atoms. The Labute approximate surface area is 77.5 Å². The van der Waals surface area contributed by atoms with Crippen LogP contribution in [0.3, 0.4) is 0 Å². The van der Waals surface area contributed by atoms with Gasteiger partial charge in [0.2, 0.25) is 0 Å². The smallest absolute Gasteiger partial charge is 0.130 e. The van der Waals surface area contributed by atoms with E-state index in [1.54, 1.807) is 12.1 Å². The summed E-state index contributed by atoms with van der Waals surface area (Å²) in [7, 11) is 0. The third-order valence-electron chi connectivity index (χ3n) is 1.90. The van der Waals surface area contributed by atoms with E-state index in [9.17, 15) is 4.39 Å². The van der Waals surface area contributed by atoms with Gasteiger partial charge in [0.05, 0.1) is 6.61 Å². The molecular formula is C10H14FNO. The van der Waals surface area contributed by atoms with Crippen molar-refractivity contribution in [3.05, 3.63) is 35.4 Å². The van der Waals surface area contributed by atoms with Gasteiger partial charge in [-0.05, 0) is 25.0 Å². The van der Waals surface area contributed by atoms with Crippen molar-refractivity contribution in [3.63, 3.8) is 0 Å². The Balaban J connectivity index is 3.05. The van der Waals surface area contributed by atoms with E-state index < -0.39 is 5.67 Å². The van der Waals surface area contributed by atoms with Gasteiger partial charge in [-0.15, -0.1) is 0 Å². The molecule has 0 spiro atoms. The molecule has 1 aromatic rings. The van der Waals surface area contributed by atoms with Crippen LogP contribution in [0.15, 0.2) is 24.3 Å². The number of alkyl halides is 1. The van der Waals surface area contributed by atoms with Crippen molar-refractivity contribution in [2.24, 2.45) is 5.90 Å². The van der Waals surface area contributed by atoms with Crippen molar-refractivity contribution in [1.29, 1.82) is 0 Å². The minimum atomic E-state index is -1.35. The van der Waals surface area contributed by atoms with Crippen LogP contribution < -0.4 is 5.90 Å². The molecule has 3 heteroatoms. The standard InChI is InChI=1S/C10H14FNO/c1-10(2,11)9-6-4-3-5-8(9)7-13-12/h3-6H,7,12H2,1-2H3. The van der Waals surface area contributed by atoms with Gasteiger partial charge in [0.1, 0.15) is 5.67 Å². The molecule has 0 aliphatic carbocycles. The number of rotatable bonds is 3. The van der Waals surface area contributed by atoms with Crippen LogP contribution in [0.4, 0.5) is 4.39 Å². The van der Waals surface area contributed by atoms with Crippen LogP contribution in [0.5, 0.6) is 0 Å². The minimum Gasteiger partial charge on any atom is -0.300 e. The lowest BCUT2D eigenvalue weighted by atomic mass is 9.95. The molecule has 2 nitrogen and oxygen atoms in total. The molecule has 0 saturated heterocycles. The van der Waals surface area contributed by atoms with Crippen LogP contribution in [0.25, 0.3) is 0 Å². The largest absolute Gasteiger partial charge is 0.300 e. The first kappa shape index (κ1) is 10.2. The Morgan fingerprint density at radius 3 is 2.54 bits per heavy atom. The van der Waals surface area contributed by atoms with E-state index in [2.05, 4.69) is 4.84 Å². The average molecular weight is 183 g/mol. The van der Waals surface area contributed by atoms with Crippen LogP contribution >= 0.6 is 0 Å². The van der Waals surface area contributed by atoms with Crippen molar-refractivity contribution in [2.75, 3.05) is 0 Å². The van der Waals surface area contributed by atoms with Crippen LogP contribution in [-0.2, 0) is 17.1 Å². The van der Waals surface area contributed by atoms with Crippen LogP contribution in [-0.4, -0.2) is 0 Å². The highest BCUT2D eigenvalue weighted by Gasteiger charge is 2.21. The topological polar surface area (TPSA) is 35.2 Å². The maximum Gasteiger partial charge on any atom is 0.130 e.